The lowest BCUT2D eigenvalue weighted by molar-refractivity contribution is 1.05. The van der Waals surface area contributed by atoms with Gasteiger partial charge >= 0.3 is 0 Å². The van der Waals surface area contributed by atoms with E-state index in [0.717, 1.165) is 21.8 Å². The Labute approximate surface area is 108 Å². The molecule has 1 N–H and O–H groups in total. The fraction of sp³-hybridized carbons (Fsp3) is 0.182. The van der Waals surface area contributed by atoms with E-state index in [-0.39, 0.29) is 0 Å². The highest BCUT2D eigenvalue weighted by molar-refractivity contribution is 9.10. The number of nitrogens with zero attached hydrogens (tertiary/aromatic N) is 2. The van der Waals surface area contributed by atoms with Crippen molar-refractivity contribution in [1.82, 2.24) is 9.55 Å². The van der Waals surface area contributed by atoms with Crippen LogP contribution in [0.3, 0.4) is 0 Å². The summed E-state index contributed by atoms with van der Waals surface area (Å²) in [4.78, 5) is 4.37. The number of nitrogens with one attached hydrogen (secondary N) is 1. The summed E-state index contributed by atoms with van der Waals surface area (Å²) in [5.41, 5.74) is 1.97. The number of imidazole rings is 1. The predicted molar refractivity (Wildman–Crippen MR) is 70.6 cm³/mol. The number of benzene rings is 1. The van der Waals surface area contributed by atoms with Crippen molar-refractivity contribution in [2.75, 3.05) is 12.4 Å². The van der Waals surface area contributed by atoms with Crippen LogP contribution in [0, 0.1) is 6.92 Å². The van der Waals surface area contributed by atoms with Crippen molar-refractivity contribution in [1.29, 1.82) is 0 Å². The zero-order valence-corrected chi connectivity index (χ0v) is 11.3. The van der Waals surface area contributed by atoms with E-state index in [0.29, 0.717) is 5.02 Å². The van der Waals surface area contributed by atoms with Gasteiger partial charge in [0.15, 0.2) is 0 Å². The summed E-state index contributed by atoms with van der Waals surface area (Å²) in [6.45, 7) is 1.96. The number of aromatic nitrogens is 2. The van der Waals surface area contributed by atoms with E-state index in [2.05, 4.69) is 26.2 Å². The van der Waals surface area contributed by atoms with Crippen LogP contribution in [0.25, 0.3) is 5.69 Å². The van der Waals surface area contributed by atoms with Gasteiger partial charge in [-0.1, -0.05) is 11.6 Å². The number of aryl methyl sites for hydroxylation is 1. The zero-order chi connectivity index (χ0) is 11.7. The Bertz CT molecular complexity index is 522. The second-order valence-corrected chi connectivity index (χ2v) is 4.71. The SMILES string of the molecule is CNc1nc(C)cn1-c1ccc(Cl)cc1Br. The molecule has 0 saturated carbocycles. The molecule has 0 bridgehead atoms. The largest absolute Gasteiger partial charge is 0.358 e. The van der Waals surface area contributed by atoms with Gasteiger partial charge in [-0.05, 0) is 41.1 Å². The lowest BCUT2D eigenvalue weighted by Gasteiger charge is -2.09. The summed E-state index contributed by atoms with van der Waals surface area (Å²) in [7, 11) is 1.85. The Kier molecular flexibility index (Phi) is 3.21. The zero-order valence-electron chi connectivity index (χ0n) is 8.96. The molecule has 1 heterocycles. The van der Waals surface area contributed by atoms with Crippen LogP contribution < -0.4 is 5.32 Å². The van der Waals surface area contributed by atoms with Crippen LogP contribution in [-0.2, 0) is 0 Å². The fourth-order valence-electron chi connectivity index (χ4n) is 1.53. The number of halogens is 2. The first-order valence-corrected chi connectivity index (χ1v) is 5.98. The molecule has 2 rings (SSSR count). The maximum Gasteiger partial charge on any atom is 0.207 e. The van der Waals surface area contributed by atoms with E-state index < -0.39 is 0 Å². The smallest absolute Gasteiger partial charge is 0.207 e. The molecule has 0 aliphatic heterocycles. The summed E-state index contributed by atoms with van der Waals surface area (Å²) < 4.78 is 2.92. The Hall–Kier alpha value is -1.000. The van der Waals surface area contributed by atoms with Crippen LogP contribution in [-0.4, -0.2) is 16.6 Å². The Morgan fingerprint density at radius 3 is 2.81 bits per heavy atom. The second kappa shape index (κ2) is 4.47. The van der Waals surface area contributed by atoms with Crippen LogP contribution in [0.5, 0.6) is 0 Å². The molecule has 5 heteroatoms. The van der Waals surface area contributed by atoms with Gasteiger partial charge in [0.2, 0.25) is 5.95 Å². The van der Waals surface area contributed by atoms with E-state index in [1.807, 2.05) is 42.9 Å². The number of hydrogen-bond acceptors (Lipinski definition) is 2. The monoisotopic (exact) mass is 299 g/mol. The van der Waals surface area contributed by atoms with Gasteiger partial charge in [0.1, 0.15) is 0 Å². The molecule has 1 aromatic heterocycles. The summed E-state index contributed by atoms with van der Waals surface area (Å²) in [6.07, 6.45) is 1.97. The van der Waals surface area contributed by atoms with Gasteiger partial charge in [-0.2, -0.15) is 0 Å². The van der Waals surface area contributed by atoms with Crippen LogP contribution in [0.15, 0.2) is 28.9 Å². The van der Waals surface area contributed by atoms with Gasteiger partial charge in [0, 0.05) is 22.7 Å². The van der Waals surface area contributed by atoms with Gasteiger partial charge < -0.3 is 5.32 Å². The molecule has 0 atom stereocenters. The van der Waals surface area contributed by atoms with Gasteiger partial charge in [-0.3, -0.25) is 4.57 Å². The van der Waals surface area contributed by atoms with E-state index in [9.17, 15) is 0 Å². The topological polar surface area (TPSA) is 29.9 Å². The number of hydrogen-bond donors (Lipinski definition) is 1. The fourth-order valence-corrected chi connectivity index (χ4v) is 2.41. The van der Waals surface area contributed by atoms with E-state index in [1.54, 1.807) is 0 Å². The lowest BCUT2D eigenvalue weighted by atomic mass is 10.3. The summed E-state index contributed by atoms with van der Waals surface area (Å²) in [6, 6.07) is 5.68. The first-order valence-electron chi connectivity index (χ1n) is 4.81. The van der Waals surface area contributed by atoms with Crippen molar-refractivity contribution in [2.45, 2.75) is 6.92 Å². The van der Waals surface area contributed by atoms with Crippen molar-refractivity contribution >= 4 is 33.5 Å². The van der Waals surface area contributed by atoms with E-state index in [1.165, 1.54) is 0 Å². The molecule has 0 fully saturated rings. The van der Waals surface area contributed by atoms with Crippen LogP contribution in [0.1, 0.15) is 5.69 Å². The van der Waals surface area contributed by atoms with Gasteiger partial charge in [0.25, 0.3) is 0 Å². The van der Waals surface area contributed by atoms with Gasteiger partial charge in [-0.25, -0.2) is 4.98 Å². The van der Waals surface area contributed by atoms with Crippen LogP contribution in [0.4, 0.5) is 5.95 Å². The van der Waals surface area contributed by atoms with Crippen molar-refractivity contribution in [3.05, 3.63) is 39.6 Å². The molecule has 2 aromatic rings. The summed E-state index contributed by atoms with van der Waals surface area (Å²) in [5.74, 6) is 0.806. The summed E-state index contributed by atoms with van der Waals surface area (Å²) >= 11 is 9.41. The number of rotatable bonds is 2. The van der Waals surface area contributed by atoms with Crippen molar-refractivity contribution in [3.8, 4) is 5.69 Å². The minimum atomic E-state index is 0.707. The molecule has 3 nitrogen and oxygen atoms in total. The Morgan fingerprint density at radius 1 is 1.44 bits per heavy atom. The average molecular weight is 301 g/mol. The van der Waals surface area contributed by atoms with Gasteiger partial charge in [0.05, 0.1) is 11.4 Å². The molecule has 0 aliphatic carbocycles. The molecule has 0 radical (unpaired) electrons. The van der Waals surface area contributed by atoms with Gasteiger partial charge in [-0.15, -0.1) is 0 Å². The minimum absolute atomic E-state index is 0.707. The van der Waals surface area contributed by atoms with E-state index in [4.69, 9.17) is 11.6 Å². The molecule has 0 spiro atoms. The summed E-state index contributed by atoms with van der Waals surface area (Å²) in [5, 5.41) is 3.76. The Balaban J connectivity index is 2.57. The van der Waals surface area contributed by atoms with Crippen molar-refractivity contribution in [3.63, 3.8) is 0 Å². The van der Waals surface area contributed by atoms with Crippen molar-refractivity contribution in [2.24, 2.45) is 0 Å². The molecule has 0 unspecified atom stereocenters. The molecule has 0 saturated heterocycles. The highest BCUT2D eigenvalue weighted by Crippen LogP contribution is 2.27. The first kappa shape index (κ1) is 11.5. The standard InChI is InChI=1S/C11H11BrClN3/c1-7-6-16(11(14-2)15-7)10-4-3-8(13)5-9(10)12/h3-6H,1-2H3,(H,14,15). The maximum atomic E-state index is 5.91. The lowest BCUT2D eigenvalue weighted by Crippen LogP contribution is -2.01. The third-order valence-electron chi connectivity index (χ3n) is 2.22. The van der Waals surface area contributed by atoms with Crippen molar-refractivity contribution < 1.29 is 0 Å². The molecule has 16 heavy (non-hydrogen) atoms. The first-order chi connectivity index (χ1) is 7.61. The quantitative estimate of drug-likeness (QED) is 0.917. The molecular formula is C11H11BrClN3. The Morgan fingerprint density at radius 2 is 2.19 bits per heavy atom. The minimum Gasteiger partial charge on any atom is -0.358 e. The second-order valence-electron chi connectivity index (χ2n) is 3.42. The maximum absolute atomic E-state index is 5.91. The third-order valence-corrected chi connectivity index (χ3v) is 3.09. The highest BCUT2D eigenvalue weighted by Gasteiger charge is 2.09. The van der Waals surface area contributed by atoms with Crippen LogP contribution >= 0.6 is 27.5 Å². The highest BCUT2D eigenvalue weighted by atomic mass is 79.9. The molecule has 84 valence electrons. The predicted octanol–water partition coefficient (Wildman–Crippen LogP) is 3.64. The molecule has 0 amide bonds. The average Bonchev–Trinajstić information content (AvgIpc) is 2.59. The number of anilines is 1. The third kappa shape index (κ3) is 2.08. The van der Waals surface area contributed by atoms with Crippen LogP contribution in [0.2, 0.25) is 5.02 Å². The normalized spacial score (nSPS) is 10.5. The molecule has 1 aromatic carbocycles. The molecular weight excluding hydrogens is 289 g/mol. The van der Waals surface area contributed by atoms with E-state index >= 15 is 0 Å². The molecule has 0 aliphatic rings.